The third-order valence-corrected chi connectivity index (χ3v) is 4.71. The van der Waals surface area contributed by atoms with Crippen molar-refractivity contribution in [3.8, 4) is 0 Å². The van der Waals surface area contributed by atoms with E-state index >= 15 is 0 Å². The predicted octanol–water partition coefficient (Wildman–Crippen LogP) is 2.74. The second-order valence-electron chi connectivity index (χ2n) is 6.63. The van der Waals surface area contributed by atoms with E-state index in [0.29, 0.717) is 0 Å². The number of likely N-dealkylation sites (tertiary alicyclic amines) is 1. The highest BCUT2D eigenvalue weighted by molar-refractivity contribution is 4.87. The average molecular weight is 238 g/mol. The molecule has 2 aliphatic rings. The molecule has 0 aromatic carbocycles. The molecule has 2 unspecified atom stereocenters. The third-order valence-electron chi connectivity index (χ3n) is 4.71. The van der Waals surface area contributed by atoms with E-state index in [1.54, 1.807) is 0 Å². The number of nitrogens with one attached hydrogen (secondary N) is 1. The van der Waals surface area contributed by atoms with Gasteiger partial charge in [-0.25, -0.2) is 0 Å². The van der Waals surface area contributed by atoms with Crippen LogP contribution < -0.4 is 5.32 Å². The summed E-state index contributed by atoms with van der Waals surface area (Å²) in [5, 5.41) is 3.62. The van der Waals surface area contributed by atoms with Gasteiger partial charge in [-0.1, -0.05) is 20.3 Å². The summed E-state index contributed by atoms with van der Waals surface area (Å²) in [6.07, 6.45) is 5.84. The molecule has 0 aromatic heterocycles. The van der Waals surface area contributed by atoms with Gasteiger partial charge in [0.2, 0.25) is 0 Å². The summed E-state index contributed by atoms with van der Waals surface area (Å²) in [5.41, 5.74) is 0. The van der Waals surface area contributed by atoms with Gasteiger partial charge in [0.05, 0.1) is 0 Å². The van der Waals surface area contributed by atoms with Gasteiger partial charge in [0.25, 0.3) is 0 Å². The van der Waals surface area contributed by atoms with Crippen molar-refractivity contribution >= 4 is 0 Å². The molecule has 0 bridgehead atoms. The van der Waals surface area contributed by atoms with Gasteiger partial charge in [-0.2, -0.15) is 0 Å². The molecular weight excluding hydrogens is 208 g/mol. The molecule has 100 valence electrons. The van der Waals surface area contributed by atoms with Gasteiger partial charge in [0.1, 0.15) is 0 Å². The summed E-state index contributed by atoms with van der Waals surface area (Å²) in [4.78, 5) is 2.74. The van der Waals surface area contributed by atoms with E-state index in [9.17, 15) is 0 Å². The van der Waals surface area contributed by atoms with Crippen molar-refractivity contribution in [2.45, 2.75) is 52.5 Å². The third kappa shape index (κ3) is 3.69. The first-order valence-corrected chi connectivity index (χ1v) is 7.61. The van der Waals surface area contributed by atoms with Gasteiger partial charge >= 0.3 is 0 Å². The van der Waals surface area contributed by atoms with Gasteiger partial charge in [-0.05, 0) is 63.6 Å². The molecule has 1 saturated carbocycles. The Morgan fingerprint density at radius 1 is 1.18 bits per heavy atom. The highest BCUT2D eigenvalue weighted by Crippen LogP contribution is 2.33. The molecule has 0 amide bonds. The zero-order valence-electron chi connectivity index (χ0n) is 11.9. The molecule has 2 rings (SSSR count). The van der Waals surface area contributed by atoms with Crippen LogP contribution in [0.4, 0.5) is 0 Å². The molecule has 0 aromatic rings. The quantitative estimate of drug-likeness (QED) is 0.765. The fourth-order valence-corrected chi connectivity index (χ4v) is 3.20. The number of hydrogen-bond donors (Lipinski definition) is 1. The average Bonchev–Trinajstić information content (AvgIpc) is 2.63. The van der Waals surface area contributed by atoms with E-state index in [-0.39, 0.29) is 0 Å². The summed E-state index contributed by atoms with van der Waals surface area (Å²) < 4.78 is 0. The van der Waals surface area contributed by atoms with Crippen LogP contribution in [-0.2, 0) is 0 Å². The van der Waals surface area contributed by atoms with E-state index in [1.165, 1.54) is 51.9 Å². The normalized spacial score (nSPS) is 28.6. The molecule has 0 spiro atoms. The zero-order valence-corrected chi connectivity index (χ0v) is 11.9. The van der Waals surface area contributed by atoms with E-state index in [0.717, 1.165) is 23.8 Å². The molecule has 2 fully saturated rings. The van der Waals surface area contributed by atoms with Crippen molar-refractivity contribution in [2.24, 2.45) is 17.8 Å². The largest absolute Gasteiger partial charge is 0.316 e. The van der Waals surface area contributed by atoms with Gasteiger partial charge in [-0.3, -0.25) is 0 Å². The van der Waals surface area contributed by atoms with Gasteiger partial charge in [0, 0.05) is 12.6 Å². The Kier molecular flexibility index (Phi) is 4.87. The van der Waals surface area contributed by atoms with Crippen LogP contribution in [0.3, 0.4) is 0 Å². The maximum absolute atomic E-state index is 3.62. The molecule has 1 aliphatic carbocycles. The number of rotatable bonds is 6. The van der Waals surface area contributed by atoms with E-state index in [4.69, 9.17) is 0 Å². The highest BCUT2D eigenvalue weighted by atomic mass is 15.2. The van der Waals surface area contributed by atoms with Crippen molar-refractivity contribution in [2.75, 3.05) is 26.2 Å². The molecule has 2 nitrogen and oxygen atoms in total. The van der Waals surface area contributed by atoms with Gasteiger partial charge < -0.3 is 10.2 Å². The first kappa shape index (κ1) is 13.4. The highest BCUT2D eigenvalue weighted by Gasteiger charge is 2.32. The van der Waals surface area contributed by atoms with Crippen LogP contribution in [0.2, 0.25) is 0 Å². The van der Waals surface area contributed by atoms with Crippen molar-refractivity contribution < 1.29 is 0 Å². The van der Waals surface area contributed by atoms with Crippen LogP contribution in [0.1, 0.15) is 46.5 Å². The van der Waals surface area contributed by atoms with E-state index in [1.807, 2.05) is 0 Å². The lowest BCUT2D eigenvalue weighted by Gasteiger charge is -2.37. The van der Waals surface area contributed by atoms with Crippen LogP contribution in [0.15, 0.2) is 0 Å². The molecule has 0 radical (unpaired) electrons. The molecule has 1 aliphatic heterocycles. The lowest BCUT2D eigenvalue weighted by atomic mass is 9.80. The Labute approximate surface area is 107 Å². The lowest BCUT2D eigenvalue weighted by molar-refractivity contribution is 0.127. The lowest BCUT2D eigenvalue weighted by Crippen LogP contribution is -2.40. The van der Waals surface area contributed by atoms with Crippen LogP contribution in [0.25, 0.3) is 0 Å². The smallest absolute Gasteiger partial charge is 0.00953 e. The Morgan fingerprint density at radius 3 is 2.53 bits per heavy atom. The SMILES string of the molecule is CC(C)CNCC1CCN(C(C)C2CCC2)C1. The Hall–Kier alpha value is -0.0800. The number of nitrogens with zero attached hydrogens (tertiary/aromatic N) is 1. The fraction of sp³-hybridized carbons (Fsp3) is 1.00. The minimum Gasteiger partial charge on any atom is -0.316 e. The molecule has 1 heterocycles. The summed E-state index contributed by atoms with van der Waals surface area (Å²) in [5.74, 6) is 2.69. The first-order chi connectivity index (χ1) is 8.16. The Bertz CT molecular complexity index is 223. The monoisotopic (exact) mass is 238 g/mol. The molecule has 17 heavy (non-hydrogen) atoms. The standard InChI is InChI=1S/C15H30N2/c1-12(2)9-16-10-14-7-8-17(11-14)13(3)15-5-4-6-15/h12-16H,4-11H2,1-3H3. The topological polar surface area (TPSA) is 15.3 Å². The fourth-order valence-electron chi connectivity index (χ4n) is 3.20. The minimum atomic E-state index is 0.779. The molecular formula is C15H30N2. The van der Waals surface area contributed by atoms with Crippen molar-refractivity contribution in [3.05, 3.63) is 0 Å². The van der Waals surface area contributed by atoms with E-state index in [2.05, 4.69) is 31.0 Å². The first-order valence-electron chi connectivity index (χ1n) is 7.61. The molecule has 2 atom stereocenters. The van der Waals surface area contributed by atoms with Crippen LogP contribution in [0.5, 0.6) is 0 Å². The van der Waals surface area contributed by atoms with E-state index < -0.39 is 0 Å². The van der Waals surface area contributed by atoms with Gasteiger partial charge in [-0.15, -0.1) is 0 Å². The summed E-state index contributed by atoms with van der Waals surface area (Å²) in [7, 11) is 0. The van der Waals surface area contributed by atoms with Crippen LogP contribution in [-0.4, -0.2) is 37.1 Å². The van der Waals surface area contributed by atoms with Crippen LogP contribution >= 0.6 is 0 Å². The minimum absolute atomic E-state index is 0.779. The summed E-state index contributed by atoms with van der Waals surface area (Å²) >= 11 is 0. The maximum atomic E-state index is 3.62. The maximum Gasteiger partial charge on any atom is 0.00953 e. The second-order valence-corrected chi connectivity index (χ2v) is 6.63. The molecule has 2 heteroatoms. The van der Waals surface area contributed by atoms with Crippen molar-refractivity contribution in [1.29, 1.82) is 0 Å². The predicted molar refractivity (Wildman–Crippen MR) is 74.2 cm³/mol. The van der Waals surface area contributed by atoms with Crippen LogP contribution in [0, 0.1) is 17.8 Å². The molecule has 1 saturated heterocycles. The summed E-state index contributed by atoms with van der Waals surface area (Å²) in [6.45, 7) is 12.1. The molecule has 1 N–H and O–H groups in total. The van der Waals surface area contributed by atoms with Crippen molar-refractivity contribution in [1.82, 2.24) is 10.2 Å². The van der Waals surface area contributed by atoms with Gasteiger partial charge in [0.15, 0.2) is 0 Å². The zero-order chi connectivity index (χ0) is 12.3. The summed E-state index contributed by atoms with van der Waals surface area (Å²) in [6, 6.07) is 0.846. The Balaban J connectivity index is 1.64. The van der Waals surface area contributed by atoms with Crippen molar-refractivity contribution in [3.63, 3.8) is 0 Å². The number of hydrogen-bond acceptors (Lipinski definition) is 2. The Morgan fingerprint density at radius 2 is 1.94 bits per heavy atom. The second kappa shape index (κ2) is 6.19.